The van der Waals surface area contributed by atoms with Gasteiger partial charge in [-0.25, -0.2) is 22.0 Å². The van der Waals surface area contributed by atoms with Crippen LogP contribution in [0.2, 0.25) is 0 Å². The first kappa shape index (κ1) is 27.1. The van der Waals surface area contributed by atoms with Crippen molar-refractivity contribution < 1.29 is 43.2 Å². The SMILES string of the molecule is Cn1cc(S(=O)(=O)Cl)c(C(F)(F)F)n1.Cn1cc(S(N)(=O)=O)c(C(F)(F)F)n1.N. The van der Waals surface area contributed by atoms with Crippen molar-refractivity contribution in [2.75, 3.05) is 0 Å². The van der Waals surface area contributed by atoms with Gasteiger partial charge >= 0.3 is 12.4 Å². The molecule has 2 rings (SSSR count). The third-order valence-electron chi connectivity index (χ3n) is 2.70. The van der Waals surface area contributed by atoms with Crippen LogP contribution in [0.5, 0.6) is 0 Å². The average molecular weight is 495 g/mol. The zero-order chi connectivity index (χ0) is 22.3. The van der Waals surface area contributed by atoms with Crippen molar-refractivity contribution in [1.29, 1.82) is 0 Å². The molecule has 0 unspecified atom stereocenters. The summed E-state index contributed by atoms with van der Waals surface area (Å²) in [5.74, 6) is 0. The van der Waals surface area contributed by atoms with Crippen molar-refractivity contribution in [3.8, 4) is 0 Å². The van der Waals surface area contributed by atoms with Crippen LogP contribution in [-0.2, 0) is 45.5 Å². The van der Waals surface area contributed by atoms with Gasteiger partial charge in [0.25, 0.3) is 9.05 Å². The lowest BCUT2D eigenvalue weighted by Crippen LogP contribution is -2.17. The van der Waals surface area contributed by atoms with Gasteiger partial charge in [0.2, 0.25) is 10.0 Å². The highest BCUT2D eigenvalue weighted by Crippen LogP contribution is 2.34. The van der Waals surface area contributed by atoms with Crippen LogP contribution in [0.25, 0.3) is 0 Å². The first-order chi connectivity index (χ1) is 12.2. The Labute approximate surface area is 164 Å². The number of nitrogens with zero attached hydrogens (tertiary/aromatic N) is 4. The fraction of sp³-hybridized carbons (Fsp3) is 0.400. The normalized spacial score (nSPS) is 12.8. The minimum Gasteiger partial charge on any atom is -0.344 e. The number of hydrogen-bond donors (Lipinski definition) is 2. The van der Waals surface area contributed by atoms with Gasteiger partial charge in [-0.05, 0) is 0 Å². The largest absolute Gasteiger partial charge is 0.436 e. The number of alkyl halides is 6. The molecule has 0 saturated carbocycles. The van der Waals surface area contributed by atoms with Gasteiger partial charge in [-0.3, -0.25) is 9.36 Å². The maximum absolute atomic E-state index is 12.2. The Morgan fingerprint density at radius 1 is 0.862 bits per heavy atom. The first-order valence-corrected chi connectivity index (χ1v) is 10.3. The zero-order valence-electron chi connectivity index (χ0n) is 14.3. The Hall–Kier alpha value is -1.89. The average Bonchev–Trinajstić information content (AvgIpc) is 3.00. The molecule has 10 nitrogen and oxygen atoms in total. The molecule has 2 aromatic rings. The summed E-state index contributed by atoms with van der Waals surface area (Å²) in [4.78, 5) is -2.05. The molecule has 0 radical (unpaired) electrons. The van der Waals surface area contributed by atoms with Crippen LogP contribution in [0, 0.1) is 0 Å². The summed E-state index contributed by atoms with van der Waals surface area (Å²) < 4.78 is 118. The number of aromatic nitrogens is 4. The van der Waals surface area contributed by atoms with Gasteiger partial charge in [-0.1, -0.05) is 0 Å². The number of halogens is 7. The molecule has 2 aromatic heterocycles. The maximum Gasteiger partial charge on any atom is 0.436 e. The minimum atomic E-state index is -4.83. The molecule has 5 N–H and O–H groups in total. The van der Waals surface area contributed by atoms with Gasteiger partial charge in [0.1, 0.15) is 9.79 Å². The summed E-state index contributed by atoms with van der Waals surface area (Å²) >= 11 is 0. The topological polar surface area (TPSA) is 165 Å². The Bertz CT molecular complexity index is 987. The number of rotatable bonds is 2. The summed E-state index contributed by atoms with van der Waals surface area (Å²) in [6.07, 6.45) is -8.26. The van der Waals surface area contributed by atoms with Crippen LogP contribution < -0.4 is 11.3 Å². The van der Waals surface area contributed by atoms with Crippen molar-refractivity contribution >= 4 is 29.8 Å². The Kier molecular flexibility index (Phi) is 7.91. The highest BCUT2D eigenvalue weighted by Gasteiger charge is 2.41. The summed E-state index contributed by atoms with van der Waals surface area (Å²) in [6, 6.07) is 0. The van der Waals surface area contributed by atoms with Crippen molar-refractivity contribution in [3.63, 3.8) is 0 Å². The van der Waals surface area contributed by atoms with Gasteiger partial charge in [0.05, 0.1) is 0 Å². The van der Waals surface area contributed by atoms with E-state index in [9.17, 15) is 43.2 Å². The van der Waals surface area contributed by atoms with Gasteiger partial charge in [-0.15, -0.1) is 0 Å². The van der Waals surface area contributed by atoms with E-state index in [1.165, 1.54) is 14.1 Å². The van der Waals surface area contributed by atoms with Crippen LogP contribution in [-0.4, -0.2) is 36.4 Å². The maximum atomic E-state index is 12.2. The van der Waals surface area contributed by atoms with E-state index in [-0.39, 0.29) is 6.15 Å². The van der Waals surface area contributed by atoms with E-state index < -0.39 is 52.6 Å². The van der Waals surface area contributed by atoms with E-state index in [1.54, 1.807) is 0 Å². The van der Waals surface area contributed by atoms with E-state index in [0.29, 0.717) is 12.4 Å². The van der Waals surface area contributed by atoms with Gasteiger partial charge in [0.15, 0.2) is 11.4 Å². The third-order valence-corrected chi connectivity index (χ3v) is 4.93. The summed E-state index contributed by atoms with van der Waals surface area (Å²) in [7, 11) is -1.69. The first-order valence-electron chi connectivity index (χ1n) is 6.43. The smallest absolute Gasteiger partial charge is 0.344 e. The van der Waals surface area contributed by atoms with Crippen molar-refractivity contribution in [2.45, 2.75) is 22.1 Å². The number of aryl methyl sites for hydroxylation is 2. The molecule has 19 heteroatoms. The number of sulfonamides is 1. The molecule has 0 amide bonds. The van der Waals surface area contributed by atoms with E-state index >= 15 is 0 Å². The van der Waals surface area contributed by atoms with Gasteiger partial charge in [-0.2, -0.15) is 36.5 Å². The van der Waals surface area contributed by atoms with E-state index in [1.807, 2.05) is 0 Å². The Morgan fingerprint density at radius 3 is 1.38 bits per heavy atom. The van der Waals surface area contributed by atoms with E-state index in [2.05, 4.69) is 15.3 Å². The van der Waals surface area contributed by atoms with Gasteiger partial charge < -0.3 is 6.15 Å². The summed E-state index contributed by atoms with van der Waals surface area (Å²) in [5.41, 5.74) is -3.00. The fourth-order valence-electron chi connectivity index (χ4n) is 1.71. The lowest BCUT2D eigenvalue weighted by atomic mass is 10.4. The highest BCUT2D eigenvalue weighted by molar-refractivity contribution is 8.13. The van der Waals surface area contributed by atoms with Crippen molar-refractivity contribution in [3.05, 3.63) is 23.8 Å². The van der Waals surface area contributed by atoms with Crippen LogP contribution in [0.1, 0.15) is 11.4 Å². The molecule has 29 heavy (non-hydrogen) atoms. The summed E-state index contributed by atoms with van der Waals surface area (Å²) in [5, 5.41) is 10.5. The molecule has 168 valence electrons. The fourth-order valence-corrected chi connectivity index (χ4v) is 3.44. The molecule has 0 aromatic carbocycles. The molecule has 0 atom stereocenters. The van der Waals surface area contributed by atoms with Crippen LogP contribution in [0.15, 0.2) is 22.2 Å². The molecule has 0 aliphatic carbocycles. The molecule has 0 aliphatic rings. The number of nitrogens with two attached hydrogens (primary N) is 1. The van der Waals surface area contributed by atoms with E-state index in [0.717, 1.165) is 9.36 Å². The predicted molar refractivity (Wildman–Crippen MR) is 85.9 cm³/mol. The minimum absolute atomic E-state index is 0. The van der Waals surface area contributed by atoms with Crippen LogP contribution >= 0.6 is 10.7 Å². The molecular weight excluding hydrogens is 482 g/mol. The lowest BCUT2D eigenvalue weighted by molar-refractivity contribution is -0.144. The van der Waals surface area contributed by atoms with Crippen LogP contribution in [0.3, 0.4) is 0 Å². The molecular formula is C10H13ClF6N6O4S2. The molecule has 2 heterocycles. The van der Waals surface area contributed by atoms with Crippen LogP contribution in [0.4, 0.5) is 26.3 Å². The summed E-state index contributed by atoms with van der Waals surface area (Å²) in [6.45, 7) is 0. The number of hydrogen-bond acceptors (Lipinski definition) is 7. The predicted octanol–water partition coefficient (Wildman–Crippen LogP) is 1.61. The highest BCUT2D eigenvalue weighted by atomic mass is 35.7. The second kappa shape index (κ2) is 8.46. The third kappa shape index (κ3) is 7.14. The van der Waals surface area contributed by atoms with Crippen molar-refractivity contribution in [2.24, 2.45) is 19.2 Å². The standard InChI is InChI=1S/C5H4ClF3N2O2S.C5H6F3N3O2S.H3N/c1-11-2-3(14(6,12)13)4(10-11)5(7,8)9;1-11-2-3(14(9,12)13)4(10-11)5(6,7)8;/h2H,1H3;2H,1H3,(H2,9,12,13);1H3. The van der Waals surface area contributed by atoms with E-state index in [4.69, 9.17) is 10.7 Å². The monoisotopic (exact) mass is 494 g/mol. The quantitative estimate of drug-likeness (QED) is 0.472. The lowest BCUT2D eigenvalue weighted by Gasteiger charge is -2.03. The molecule has 0 aliphatic heterocycles. The Morgan fingerprint density at radius 2 is 1.17 bits per heavy atom. The zero-order valence-corrected chi connectivity index (χ0v) is 16.7. The molecule has 0 fully saturated rings. The van der Waals surface area contributed by atoms with Gasteiger partial charge in [0, 0.05) is 37.2 Å². The number of primary sulfonamides is 1. The molecule has 0 spiro atoms. The van der Waals surface area contributed by atoms with Crippen molar-refractivity contribution in [1.82, 2.24) is 25.7 Å². The Balaban J connectivity index is 0.000000523. The second-order valence-electron chi connectivity index (χ2n) is 5.01. The second-order valence-corrected chi connectivity index (χ2v) is 9.07. The molecule has 0 bridgehead atoms. The molecule has 0 saturated heterocycles.